The molecule has 2 unspecified atom stereocenters. The van der Waals surface area contributed by atoms with E-state index in [2.05, 4.69) is 5.10 Å². The Morgan fingerprint density at radius 2 is 2.09 bits per heavy atom. The van der Waals surface area contributed by atoms with E-state index in [4.69, 9.17) is 0 Å². The zero-order valence-electron chi connectivity index (χ0n) is 13.0. The van der Waals surface area contributed by atoms with Gasteiger partial charge in [-0.3, -0.25) is 4.79 Å². The number of carbonyl (C=O) groups excluding carboxylic acids is 1. The number of piperidine rings is 1. The molecule has 5 nitrogen and oxygen atoms in total. The first-order valence-electron chi connectivity index (χ1n) is 7.79. The van der Waals surface area contributed by atoms with Gasteiger partial charge in [0.15, 0.2) is 0 Å². The lowest BCUT2D eigenvalue weighted by atomic mass is 9.96. The van der Waals surface area contributed by atoms with Gasteiger partial charge >= 0.3 is 0 Å². The molecule has 23 heavy (non-hydrogen) atoms. The van der Waals surface area contributed by atoms with Crippen LogP contribution in [-0.2, 0) is 11.2 Å². The summed E-state index contributed by atoms with van der Waals surface area (Å²) in [6.07, 6.45) is 2.32. The number of rotatable bonds is 3. The third-order valence-corrected chi connectivity index (χ3v) is 4.34. The van der Waals surface area contributed by atoms with Gasteiger partial charge in [-0.15, -0.1) is 0 Å². The largest absolute Gasteiger partial charge is 0.391 e. The predicted molar refractivity (Wildman–Crippen MR) is 83.6 cm³/mol. The summed E-state index contributed by atoms with van der Waals surface area (Å²) in [7, 11) is 0. The van der Waals surface area contributed by atoms with E-state index >= 15 is 0 Å². The number of amides is 1. The molecule has 1 aliphatic heterocycles. The Labute approximate surface area is 134 Å². The Hall–Kier alpha value is -2.21. The number of aromatic nitrogens is 2. The van der Waals surface area contributed by atoms with Crippen LogP contribution in [0.3, 0.4) is 0 Å². The highest BCUT2D eigenvalue weighted by Crippen LogP contribution is 2.18. The normalized spacial score (nSPS) is 21.4. The summed E-state index contributed by atoms with van der Waals surface area (Å²) >= 11 is 0. The Morgan fingerprint density at radius 1 is 1.35 bits per heavy atom. The lowest BCUT2D eigenvalue weighted by molar-refractivity contribution is -0.134. The predicted octanol–water partition coefficient (Wildman–Crippen LogP) is 1.78. The summed E-state index contributed by atoms with van der Waals surface area (Å²) in [5.74, 6) is -0.0915. The Kier molecular flexibility index (Phi) is 4.43. The first kappa shape index (κ1) is 15.7. The van der Waals surface area contributed by atoms with Gasteiger partial charge in [0.05, 0.1) is 23.9 Å². The highest BCUT2D eigenvalue weighted by molar-refractivity contribution is 5.78. The van der Waals surface area contributed by atoms with Gasteiger partial charge < -0.3 is 10.0 Å². The number of halogens is 1. The van der Waals surface area contributed by atoms with Crippen molar-refractivity contribution in [3.8, 4) is 5.69 Å². The highest BCUT2D eigenvalue weighted by atomic mass is 19.1. The topological polar surface area (TPSA) is 58.4 Å². The molecular weight excluding hydrogens is 297 g/mol. The molecule has 1 aliphatic rings. The SMILES string of the molecule is CC1CCN(C(=O)Cc2ccn(-c3ccc(F)cc3)n2)CC1O. The molecule has 3 rings (SSSR count). The van der Waals surface area contributed by atoms with Crippen molar-refractivity contribution in [3.05, 3.63) is 48.0 Å². The van der Waals surface area contributed by atoms with Crippen molar-refractivity contribution < 1.29 is 14.3 Å². The Balaban J connectivity index is 1.65. The fourth-order valence-electron chi connectivity index (χ4n) is 2.74. The van der Waals surface area contributed by atoms with Gasteiger partial charge in [0, 0.05) is 19.3 Å². The minimum Gasteiger partial charge on any atom is -0.391 e. The molecule has 122 valence electrons. The molecular formula is C17H20FN3O2. The number of carbonyl (C=O) groups is 1. The molecule has 1 N–H and O–H groups in total. The Morgan fingerprint density at radius 3 is 2.78 bits per heavy atom. The van der Waals surface area contributed by atoms with Crippen molar-refractivity contribution in [3.63, 3.8) is 0 Å². The Bertz CT molecular complexity index is 683. The molecule has 2 aromatic rings. The van der Waals surface area contributed by atoms with Crippen LogP contribution in [0.1, 0.15) is 19.0 Å². The van der Waals surface area contributed by atoms with Crippen LogP contribution < -0.4 is 0 Å². The van der Waals surface area contributed by atoms with Crippen LogP contribution in [0.4, 0.5) is 4.39 Å². The number of nitrogens with zero attached hydrogens (tertiary/aromatic N) is 3. The number of likely N-dealkylation sites (tertiary alicyclic amines) is 1. The minimum absolute atomic E-state index is 0.0275. The van der Waals surface area contributed by atoms with E-state index in [-0.39, 0.29) is 24.1 Å². The molecule has 0 bridgehead atoms. The molecule has 2 heterocycles. The van der Waals surface area contributed by atoms with Crippen LogP contribution in [0, 0.1) is 11.7 Å². The molecule has 0 saturated carbocycles. The average Bonchev–Trinajstić information content (AvgIpc) is 2.99. The number of benzene rings is 1. The fraction of sp³-hybridized carbons (Fsp3) is 0.412. The second kappa shape index (κ2) is 6.50. The lowest BCUT2D eigenvalue weighted by Crippen LogP contribution is -2.46. The van der Waals surface area contributed by atoms with Crippen LogP contribution in [0.25, 0.3) is 5.69 Å². The maximum Gasteiger partial charge on any atom is 0.228 e. The summed E-state index contributed by atoms with van der Waals surface area (Å²) in [5, 5.41) is 14.3. The first-order chi connectivity index (χ1) is 11.0. The number of hydrogen-bond acceptors (Lipinski definition) is 3. The summed E-state index contributed by atoms with van der Waals surface area (Å²) < 4.78 is 14.6. The number of aliphatic hydroxyl groups is 1. The summed E-state index contributed by atoms with van der Waals surface area (Å²) in [6, 6.07) is 7.80. The van der Waals surface area contributed by atoms with E-state index in [9.17, 15) is 14.3 Å². The third kappa shape index (κ3) is 3.59. The van der Waals surface area contributed by atoms with Crippen molar-refractivity contribution in [1.29, 1.82) is 0 Å². The van der Waals surface area contributed by atoms with E-state index in [0.717, 1.165) is 12.1 Å². The van der Waals surface area contributed by atoms with Gasteiger partial charge in [0.1, 0.15) is 5.82 Å². The molecule has 1 saturated heterocycles. The molecule has 6 heteroatoms. The monoisotopic (exact) mass is 317 g/mol. The molecule has 0 radical (unpaired) electrons. The maximum atomic E-state index is 12.9. The van der Waals surface area contributed by atoms with Gasteiger partial charge in [-0.2, -0.15) is 5.10 Å². The minimum atomic E-state index is -0.454. The number of β-amino-alcohol motifs (C(OH)–C–C–N with tert-alkyl or cyclic N) is 1. The molecule has 1 aromatic heterocycles. The van der Waals surface area contributed by atoms with Crippen molar-refractivity contribution in [2.45, 2.75) is 25.9 Å². The van der Waals surface area contributed by atoms with Gasteiger partial charge in [-0.1, -0.05) is 6.92 Å². The third-order valence-electron chi connectivity index (χ3n) is 4.34. The molecule has 1 amide bonds. The van der Waals surface area contributed by atoms with Gasteiger partial charge in [0.25, 0.3) is 0 Å². The molecule has 2 atom stereocenters. The van der Waals surface area contributed by atoms with Crippen molar-refractivity contribution in [2.75, 3.05) is 13.1 Å². The maximum absolute atomic E-state index is 12.9. The number of aliphatic hydroxyl groups excluding tert-OH is 1. The smallest absolute Gasteiger partial charge is 0.228 e. The molecule has 1 aromatic carbocycles. The van der Waals surface area contributed by atoms with Crippen molar-refractivity contribution in [1.82, 2.24) is 14.7 Å². The van der Waals surface area contributed by atoms with Gasteiger partial charge in [-0.25, -0.2) is 9.07 Å². The van der Waals surface area contributed by atoms with Crippen molar-refractivity contribution >= 4 is 5.91 Å². The van der Waals surface area contributed by atoms with E-state index in [1.54, 1.807) is 34.0 Å². The van der Waals surface area contributed by atoms with E-state index in [0.29, 0.717) is 18.8 Å². The second-order valence-corrected chi connectivity index (χ2v) is 6.08. The van der Waals surface area contributed by atoms with E-state index in [1.807, 2.05) is 6.92 Å². The van der Waals surface area contributed by atoms with Crippen LogP contribution in [-0.4, -0.2) is 44.9 Å². The summed E-state index contributed by atoms with van der Waals surface area (Å²) in [6.45, 7) is 3.06. The van der Waals surface area contributed by atoms with Gasteiger partial charge in [0.2, 0.25) is 5.91 Å². The zero-order chi connectivity index (χ0) is 16.4. The fourth-order valence-corrected chi connectivity index (χ4v) is 2.74. The molecule has 0 spiro atoms. The van der Waals surface area contributed by atoms with Crippen LogP contribution >= 0.6 is 0 Å². The lowest BCUT2D eigenvalue weighted by Gasteiger charge is -2.34. The zero-order valence-corrected chi connectivity index (χ0v) is 13.0. The first-order valence-corrected chi connectivity index (χ1v) is 7.79. The summed E-state index contributed by atoms with van der Waals surface area (Å²) in [4.78, 5) is 14.0. The van der Waals surface area contributed by atoms with E-state index in [1.165, 1.54) is 12.1 Å². The van der Waals surface area contributed by atoms with Crippen LogP contribution in [0.2, 0.25) is 0 Å². The standard InChI is InChI=1S/C17H20FN3O2/c1-12-6-8-20(11-16(12)22)17(23)10-14-7-9-21(19-14)15-4-2-13(18)3-5-15/h2-5,7,9,12,16,22H,6,8,10-11H2,1H3. The van der Waals surface area contributed by atoms with Crippen LogP contribution in [0.5, 0.6) is 0 Å². The van der Waals surface area contributed by atoms with Gasteiger partial charge in [-0.05, 0) is 42.7 Å². The quantitative estimate of drug-likeness (QED) is 0.939. The number of hydrogen-bond donors (Lipinski definition) is 1. The van der Waals surface area contributed by atoms with Crippen molar-refractivity contribution in [2.24, 2.45) is 5.92 Å². The second-order valence-electron chi connectivity index (χ2n) is 6.08. The van der Waals surface area contributed by atoms with E-state index < -0.39 is 6.10 Å². The molecule has 0 aliphatic carbocycles. The van der Waals surface area contributed by atoms with Crippen LogP contribution in [0.15, 0.2) is 36.5 Å². The summed E-state index contributed by atoms with van der Waals surface area (Å²) in [5.41, 5.74) is 1.40. The molecule has 1 fully saturated rings. The average molecular weight is 317 g/mol. The highest BCUT2D eigenvalue weighted by Gasteiger charge is 2.27.